The van der Waals surface area contributed by atoms with Crippen LogP contribution in [0.3, 0.4) is 0 Å². The summed E-state index contributed by atoms with van der Waals surface area (Å²) in [5.41, 5.74) is 4.73. The number of carbonyl (C=O) groups is 1. The van der Waals surface area contributed by atoms with Gasteiger partial charge in [-0.15, -0.1) is 0 Å². The number of rotatable bonds is 9. The predicted molar refractivity (Wildman–Crippen MR) is 142 cm³/mol. The summed E-state index contributed by atoms with van der Waals surface area (Å²) in [5, 5.41) is 3.01. The van der Waals surface area contributed by atoms with Crippen LogP contribution >= 0.6 is 0 Å². The van der Waals surface area contributed by atoms with Crippen molar-refractivity contribution in [1.82, 2.24) is 9.62 Å². The fraction of sp³-hybridized carbons (Fsp3) is 0.345. The fourth-order valence-corrected chi connectivity index (χ4v) is 6.44. The molecule has 0 spiro atoms. The van der Waals surface area contributed by atoms with Crippen molar-refractivity contribution in [3.63, 3.8) is 0 Å². The maximum absolute atomic E-state index is 13.9. The summed E-state index contributed by atoms with van der Waals surface area (Å²) in [6.45, 7) is 4.49. The lowest BCUT2D eigenvalue weighted by Gasteiger charge is -2.35. The van der Waals surface area contributed by atoms with Crippen LogP contribution in [0, 0.1) is 13.8 Å². The molecule has 0 bridgehead atoms. The van der Waals surface area contributed by atoms with Gasteiger partial charge < -0.3 is 10.1 Å². The average Bonchev–Trinajstić information content (AvgIpc) is 2.89. The molecule has 0 aromatic heterocycles. The minimum absolute atomic E-state index is 0.141. The largest absolute Gasteiger partial charge is 0.496 e. The minimum atomic E-state index is -3.95. The lowest BCUT2D eigenvalue weighted by molar-refractivity contribution is -0.125. The second kappa shape index (κ2) is 11.3. The Kier molecular flexibility index (Phi) is 8.11. The van der Waals surface area contributed by atoms with Crippen molar-refractivity contribution in [2.75, 3.05) is 20.2 Å². The number of sulfonamides is 1. The van der Waals surface area contributed by atoms with Crippen molar-refractivity contribution in [2.24, 2.45) is 0 Å². The maximum atomic E-state index is 13.9. The van der Waals surface area contributed by atoms with E-state index in [0.29, 0.717) is 18.7 Å². The standard InChI is InChI=1S/C29H34N2O4S/c1-21-19-25(20-27(35-3)22(21)2)36(33,34)31-18-16-24-14-7-8-15-26(24)28(31)29(32)30-17-10-9-13-23-11-5-4-6-12-23/h4-8,11-12,14-15,19-20,28H,9-10,13,16-18H2,1-3H3,(H,30,32)/t28-/m0/s1. The number of hydrogen-bond donors (Lipinski definition) is 1. The van der Waals surface area contributed by atoms with E-state index in [9.17, 15) is 13.2 Å². The second-order valence-electron chi connectivity index (χ2n) is 9.27. The number of nitrogens with zero attached hydrogens (tertiary/aromatic N) is 1. The van der Waals surface area contributed by atoms with Crippen molar-refractivity contribution in [1.29, 1.82) is 0 Å². The third kappa shape index (κ3) is 5.47. The normalized spacial score (nSPS) is 15.8. The molecule has 1 aliphatic heterocycles. The van der Waals surface area contributed by atoms with Crippen LogP contribution in [-0.4, -0.2) is 38.8 Å². The third-order valence-electron chi connectivity index (χ3n) is 6.94. The van der Waals surface area contributed by atoms with E-state index in [0.717, 1.165) is 41.5 Å². The van der Waals surface area contributed by atoms with Crippen LogP contribution < -0.4 is 10.1 Å². The SMILES string of the molecule is COc1cc(S(=O)(=O)N2CCc3ccccc3[C@H]2C(=O)NCCCCc2ccccc2)cc(C)c1C. The Balaban J connectivity index is 1.55. The number of fused-ring (bicyclic) bond motifs is 1. The number of benzene rings is 3. The third-order valence-corrected chi connectivity index (χ3v) is 8.78. The van der Waals surface area contributed by atoms with E-state index in [1.165, 1.54) is 17.0 Å². The van der Waals surface area contributed by atoms with E-state index in [4.69, 9.17) is 4.74 Å². The number of ether oxygens (including phenoxy) is 1. The van der Waals surface area contributed by atoms with Gasteiger partial charge >= 0.3 is 0 Å². The van der Waals surface area contributed by atoms with E-state index < -0.39 is 16.1 Å². The zero-order valence-electron chi connectivity index (χ0n) is 21.2. The zero-order valence-corrected chi connectivity index (χ0v) is 22.0. The first kappa shape index (κ1) is 25.9. The monoisotopic (exact) mass is 506 g/mol. The minimum Gasteiger partial charge on any atom is -0.496 e. The summed E-state index contributed by atoms with van der Waals surface area (Å²) in [4.78, 5) is 13.6. The molecule has 1 amide bonds. The van der Waals surface area contributed by atoms with Gasteiger partial charge in [0.15, 0.2) is 0 Å². The van der Waals surface area contributed by atoms with E-state index in [1.54, 1.807) is 12.1 Å². The molecule has 4 rings (SSSR count). The molecular formula is C29H34N2O4S. The fourth-order valence-electron chi connectivity index (χ4n) is 4.77. The van der Waals surface area contributed by atoms with Gasteiger partial charge in [0, 0.05) is 19.2 Å². The molecule has 1 N–H and O–H groups in total. The van der Waals surface area contributed by atoms with Gasteiger partial charge in [0.25, 0.3) is 0 Å². The highest BCUT2D eigenvalue weighted by atomic mass is 32.2. The van der Waals surface area contributed by atoms with Crippen LogP contribution in [0.2, 0.25) is 0 Å². The van der Waals surface area contributed by atoms with Gasteiger partial charge in [0.05, 0.1) is 12.0 Å². The molecule has 190 valence electrons. The van der Waals surface area contributed by atoms with E-state index in [2.05, 4.69) is 17.4 Å². The highest BCUT2D eigenvalue weighted by Gasteiger charge is 2.40. The molecule has 0 fully saturated rings. The number of aryl methyl sites for hydroxylation is 2. The van der Waals surface area contributed by atoms with Crippen LogP contribution in [0.25, 0.3) is 0 Å². The second-order valence-corrected chi connectivity index (χ2v) is 11.2. The summed E-state index contributed by atoms with van der Waals surface area (Å²) in [6, 6.07) is 20.2. The summed E-state index contributed by atoms with van der Waals surface area (Å²) in [5.74, 6) is 0.228. The van der Waals surface area contributed by atoms with Crippen molar-refractivity contribution in [2.45, 2.75) is 50.5 Å². The molecule has 3 aromatic rings. The molecular weight excluding hydrogens is 472 g/mol. The van der Waals surface area contributed by atoms with Gasteiger partial charge in [-0.1, -0.05) is 54.6 Å². The van der Waals surface area contributed by atoms with Crippen LogP contribution in [0.4, 0.5) is 0 Å². The molecule has 1 heterocycles. The lowest BCUT2D eigenvalue weighted by atomic mass is 9.94. The molecule has 7 heteroatoms. The zero-order chi connectivity index (χ0) is 25.7. The Morgan fingerprint density at radius 2 is 1.75 bits per heavy atom. The van der Waals surface area contributed by atoms with Crippen LogP contribution in [-0.2, 0) is 27.7 Å². The lowest BCUT2D eigenvalue weighted by Crippen LogP contribution is -2.47. The van der Waals surface area contributed by atoms with Crippen molar-refractivity contribution >= 4 is 15.9 Å². The van der Waals surface area contributed by atoms with Gasteiger partial charge in [-0.2, -0.15) is 4.31 Å². The van der Waals surface area contributed by atoms with Gasteiger partial charge in [-0.25, -0.2) is 8.42 Å². The molecule has 0 aliphatic carbocycles. The average molecular weight is 507 g/mol. The molecule has 36 heavy (non-hydrogen) atoms. The number of amides is 1. The van der Waals surface area contributed by atoms with Crippen molar-refractivity contribution in [3.05, 3.63) is 94.5 Å². The van der Waals surface area contributed by atoms with Gasteiger partial charge in [-0.05, 0) is 73.4 Å². The first-order valence-electron chi connectivity index (χ1n) is 12.4. The molecule has 1 aliphatic rings. The molecule has 0 saturated carbocycles. The summed E-state index contributed by atoms with van der Waals surface area (Å²) in [7, 11) is -2.42. The van der Waals surface area contributed by atoms with E-state index >= 15 is 0 Å². The number of hydrogen-bond acceptors (Lipinski definition) is 4. The Labute approximate surface area is 214 Å². The van der Waals surface area contributed by atoms with E-state index in [-0.39, 0.29) is 17.3 Å². The highest BCUT2D eigenvalue weighted by Crippen LogP contribution is 2.36. The number of methoxy groups -OCH3 is 1. The molecule has 1 atom stereocenters. The molecule has 0 radical (unpaired) electrons. The van der Waals surface area contributed by atoms with Gasteiger partial charge in [-0.3, -0.25) is 4.79 Å². The maximum Gasteiger partial charge on any atom is 0.244 e. The molecule has 3 aromatic carbocycles. The first-order valence-corrected chi connectivity index (χ1v) is 13.8. The van der Waals surface area contributed by atoms with Crippen molar-refractivity contribution < 1.29 is 17.9 Å². The molecule has 0 saturated heterocycles. The van der Waals surface area contributed by atoms with Crippen LogP contribution in [0.1, 0.15) is 46.7 Å². The quantitative estimate of drug-likeness (QED) is 0.426. The Morgan fingerprint density at radius 3 is 2.50 bits per heavy atom. The number of nitrogens with one attached hydrogen (secondary N) is 1. The highest BCUT2D eigenvalue weighted by molar-refractivity contribution is 7.89. The Hall–Kier alpha value is -3.16. The van der Waals surface area contributed by atoms with E-state index in [1.807, 2.05) is 56.3 Å². The van der Waals surface area contributed by atoms with Crippen molar-refractivity contribution in [3.8, 4) is 5.75 Å². The van der Waals surface area contributed by atoms with Crippen LogP contribution in [0.15, 0.2) is 71.6 Å². The number of carbonyl (C=O) groups excluding carboxylic acids is 1. The summed E-state index contributed by atoms with van der Waals surface area (Å²) in [6.07, 6.45) is 3.25. The first-order chi connectivity index (χ1) is 17.3. The predicted octanol–water partition coefficient (Wildman–Crippen LogP) is 4.74. The summed E-state index contributed by atoms with van der Waals surface area (Å²) >= 11 is 0. The van der Waals surface area contributed by atoms with Gasteiger partial charge in [0.2, 0.25) is 15.9 Å². The topological polar surface area (TPSA) is 75.7 Å². The molecule has 6 nitrogen and oxygen atoms in total. The smallest absolute Gasteiger partial charge is 0.244 e. The Bertz CT molecular complexity index is 1320. The summed E-state index contributed by atoms with van der Waals surface area (Å²) < 4.78 is 34.5. The van der Waals surface area contributed by atoms with Crippen LogP contribution in [0.5, 0.6) is 5.75 Å². The number of unbranched alkanes of at least 4 members (excludes halogenated alkanes) is 1. The Morgan fingerprint density at radius 1 is 1.03 bits per heavy atom. The van der Waals surface area contributed by atoms with Gasteiger partial charge in [0.1, 0.15) is 11.8 Å². The molecule has 0 unspecified atom stereocenters.